The molecule has 3 rings (SSSR count). The van der Waals surface area contributed by atoms with E-state index >= 15 is 0 Å². The SMILES string of the molecule is C1C[C@@H]2O[C@@H]2C[C@H]1[C@H]1CO1. The van der Waals surface area contributed by atoms with E-state index in [1.165, 1.54) is 19.3 Å². The Kier molecular flexibility index (Phi) is 0.968. The van der Waals surface area contributed by atoms with Gasteiger partial charge in [-0.15, -0.1) is 0 Å². The molecule has 3 fully saturated rings. The zero-order chi connectivity index (χ0) is 6.55. The molecule has 2 aliphatic heterocycles. The highest BCUT2D eigenvalue weighted by Crippen LogP contribution is 2.43. The van der Waals surface area contributed by atoms with Crippen LogP contribution in [0.25, 0.3) is 0 Å². The molecule has 1 aliphatic carbocycles. The van der Waals surface area contributed by atoms with Crippen molar-refractivity contribution in [2.75, 3.05) is 6.61 Å². The highest BCUT2D eigenvalue weighted by atomic mass is 16.6. The fraction of sp³-hybridized carbons (Fsp3) is 1.00. The van der Waals surface area contributed by atoms with Gasteiger partial charge in [-0.3, -0.25) is 0 Å². The molecule has 2 nitrogen and oxygen atoms in total. The summed E-state index contributed by atoms with van der Waals surface area (Å²) in [6.45, 7) is 1.02. The van der Waals surface area contributed by atoms with Gasteiger partial charge in [0.15, 0.2) is 0 Å². The van der Waals surface area contributed by atoms with Crippen molar-refractivity contribution in [3.8, 4) is 0 Å². The zero-order valence-corrected chi connectivity index (χ0v) is 5.95. The number of rotatable bonds is 1. The highest BCUT2D eigenvalue weighted by Gasteiger charge is 2.48. The van der Waals surface area contributed by atoms with Gasteiger partial charge in [-0.2, -0.15) is 0 Å². The van der Waals surface area contributed by atoms with Crippen LogP contribution in [0.15, 0.2) is 0 Å². The normalized spacial score (nSPS) is 57.6. The van der Waals surface area contributed by atoms with Crippen LogP contribution in [-0.2, 0) is 9.47 Å². The van der Waals surface area contributed by atoms with Gasteiger partial charge in [-0.05, 0) is 25.2 Å². The first-order valence-electron chi connectivity index (χ1n) is 4.20. The molecule has 2 saturated heterocycles. The molecule has 4 atom stereocenters. The van der Waals surface area contributed by atoms with Crippen molar-refractivity contribution >= 4 is 0 Å². The lowest BCUT2D eigenvalue weighted by Gasteiger charge is -2.15. The van der Waals surface area contributed by atoms with Gasteiger partial charge in [0.2, 0.25) is 0 Å². The minimum atomic E-state index is 0.616. The van der Waals surface area contributed by atoms with Gasteiger partial charge in [0.1, 0.15) is 0 Å². The van der Waals surface area contributed by atoms with Crippen molar-refractivity contribution in [2.24, 2.45) is 5.92 Å². The number of epoxide rings is 2. The number of fused-ring (bicyclic) bond motifs is 1. The summed E-state index contributed by atoms with van der Waals surface area (Å²) in [7, 11) is 0. The largest absolute Gasteiger partial charge is 0.373 e. The van der Waals surface area contributed by atoms with Crippen LogP contribution in [0.3, 0.4) is 0 Å². The molecular weight excluding hydrogens is 128 g/mol. The number of ether oxygens (including phenoxy) is 2. The van der Waals surface area contributed by atoms with Crippen molar-refractivity contribution in [1.29, 1.82) is 0 Å². The third-order valence-electron chi connectivity index (χ3n) is 2.93. The van der Waals surface area contributed by atoms with Crippen molar-refractivity contribution in [2.45, 2.75) is 37.6 Å². The molecule has 0 spiro atoms. The molecule has 3 aliphatic rings. The van der Waals surface area contributed by atoms with Crippen LogP contribution in [0.1, 0.15) is 19.3 Å². The molecule has 0 aromatic rings. The van der Waals surface area contributed by atoms with Crippen LogP contribution in [0.2, 0.25) is 0 Å². The summed E-state index contributed by atoms with van der Waals surface area (Å²) in [4.78, 5) is 0. The fourth-order valence-electron chi connectivity index (χ4n) is 2.10. The third kappa shape index (κ3) is 0.789. The first-order chi connectivity index (χ1) is 4.93. The number of hydrogen-bond donors (Lipinski definition) is 0. The van der Waals surface area contributed by atoms with Gasteiger partial charge in [0.25, 0.3) is 0 Å². The molecule has 0 radical (unpaired) electrons. The van der Waals surface area contributed by atoms with Gasteiger partial charge in [-0.1, -0.05) is 0 Å². The Labute approximate surface area is 60.5 Å². The van der Waals surface area contributed by atoms with Gasteiger partial charge < -0.3 is 9.47 Å². The Bertz CT molecular complexity index is 153. The minimum Gasteiger partial charge on any atom is -0.373 e. The van der Waals surface area contributed by atoms with E-state index in [2.05, 4.69) is 0 Å². The molecule has 0 aromatic heterocycles. The zero-order valence-electron chi connectivity index (χ0n) is 5.95. The Hall–Kier alpha value is -0.0800. The second-order valence-corrected chi connectivity index (χ2v) is 3.66. The van der Waals surface area contributed by atoms with Crippen LogP contribution >= 0.6 is 0 Å². The maximum atomic E-state index is 5.43. The maximum Gasteiger partial charge on any atom is 0.0845 e. The van der Waals surface area contributed by atoms with Crippen LogP contribution < -0.4 is 0 Å². The Balaban J connectivity index is 1.65. The first-order valence-corrected chi connectivity index (χ1v) is 4.20. The summed E-state index contributed by atoms with van der Waals surface area (Å²) in [5, 5.41) is 0. The molecule has 0 amide bonds. The first kappa shape index (κ1) is 5.56. The average molecular weight is 140 g/mol. The van der Waals surface area contributed by atoms with E-state index in [1.54, 1.807) is 0 Å². The summed E-state index contributed by atoms with van der Waals surface area (Å²) in [5.74, 6) is 0.837. The van der Waals surface area contributed by atoms with E-state index in [0.717, 1.165) is 12.5 Å². The summed E-state index contributed by atoms with van der Waals surface area (Å²) in [6.07, 6.45) is 5.79. The molecular formula is C8H12O2. The van der Waals surface area contributed by atoms with E-state index in [-0.39, 0.29) is 0 Å². The van der Waals surface area contributed by atoms with E-state index in [1.807, 2.05) is 0 Å². The summed E-state index contributed by atoms with van der Waals surface area (Å²) < 4.78 is 10.7. The molecule has 0 aromatic carbocycles. The summed E-state index contributed by atoms with van der Waals surface area (Å²) in [5.41, 5.74) is 0. The molecule has 2 heterocycles. The standard InChI is InChI=1S/C8H12O2/c1-2-6-7(10-6)3-5(1)8-4-9-8/h5-8H,1-4H2/t5-,6-,7+,8+/m0/s1. The van der Waals surface area contributed by atoms with Crippen LogP contribution in [0.5, 0.6) is 0 Å². The van der Waals surface area contributed by atoms with Crippen LogP contribution in [0, 0.1) is 5.92 Å². The van der Waals surface area contributed by atoms with Gasteiger partial charge in [0.05, 0.1) is 24.9 Å². The van der Waals surface area contributed by atoms with Crippen LogP contribution in [-0.4, -0.2) is 24.9 Å². The molecule has 2 heteroatoms. The number of hydrogen-bond acceptors (Lipinski definition) is 2. The lowest BCUT2D eigenvalue weighted by Crippen LogP contribution is -2.17. The predicted molar refractivity (Wildman–Crippen MR) is 35.7 cm³/mol. The molecule has 0 unspecified atom stereocenters. The second-order valence-electron chi connectivity index (χ2n) is 3.66. The van der Waals surface area contributed by atoms with Gasteiger partial charge >= 0.3 is 0 Å². The summed E-state index contributed by atoms with van der Waals surface area (Å²) in [6, 6.07) is 0. The average Bonchev–Trinajstić information content (AvgIpc) is 2.83. The highest BCUT2D eigenvalue weighted by molar-refractivity contribution is 4.96. The van der Waals surface area contributed by atoms with Gasteiger partial charge in [0, 0.05) is 0 Å². The van der Waals surface area contributed by atoms with Gasteiger partial charge in [-0.25, -0.2) is 0 Å². The second kappa shape index (κ2) is 1.74. The molecule has 1 saturated carbocycles. The van der Waals surface area contributed by atoms with Crippen molar-refractivity contribution < 1.29 is 9.47 Å². The van der Waals surface area contributed by atoms with E-state index in [0.29, 0.717) is 18.3 Å². The van der Waals surface area contributed by atoms with E-state index in [9.17, 15) is 0 Å². The predicted octanol–water partition coefficient (Wildman–Crippen LogP) is 0.953. The monoisotopic (exact) mass is 140 g/mol. The van der Waals surface area contributed by atoms with Crippen LogP contribution in [0.4, 0.5) is 0 Å². The quantitative estimate of drug-likeness (QED) is 0.507. The minimum absolute atomic E-state index is 0.616. The van der Waals surface area contributed by atoms with E-state index in [4.69, 9.17) is 9.47 Å². The Morgan fingerprint density at radius 1 is 1.00 bits per heavy atom. The molecule has 0 bridgehead atoms. The smallest absolute Gasteiger partial charge is 0.0845 e. The lowest BCUT2D eigenvalue weighted by atomic mass is 9.87. The molecule has 10 heavy (non-hydrogen) atoms. The maximum absolute atomic E-state index is 5.43. The lowest BCUT2D eigenvalue weighted by molar-refractivity contribution is 0.279. The van der Waals surface area contributed by atoms with Crippen molar-refractivity contribution in [1.82, 2.24) is 0 Å². The Morgan fingerprint density at radius 2 is 1.90 bits per heavy atom. The fourth-order valence-corrected chi connectivity index (χ4v) is 2.10. The summed E-state index contributed by atoms with van der Waals surface area (Å²) >= 11 is 0. The molecule has 0 N–H and O–H groups in total. The van der Waals surface area contributed by atoms with Crippen molar-refractivity contribution in [3.05, 3.63) is 0 Å². The topological polar surface area (TPSA) is 25.1 Å². The van der Waals surface area contributed by atoms with E-state index < -0.39 is 0 Å². The van der Waals surface area contributed by atoms with Crippen molar-refractivity contribution in [3.63, 3.8) is 0 Å². The third-order valence-corrected chi connectivity index (χ3v) is 2.93. The molecule has 56 valence electrons. The Morgan fingerprint density at radius 3 is 2.60 bits per heavy atom.